The van der Waals surface area contributed by atoms with Gasteiger partial charge in [-0.3, -0.25) is 9.59 Å². The Hall–Kier alpha value is -3.62. The van der Waals surface area contributed by atoms with Crippen molar-refractivity contribution in [3.63, 3.8) is 0 Å². The van der Waals surface area contributed by atoms with E-state index in [1.54, 1.807) is 6.20 Å². The fraction of sp³-hybridized carbons (Fsp3) is 0.150. The van der Waals surface area contributed by atoms with Crippen LogP contribution in [0, 0.1) is 23.4 Å². The fourth-order valence-electron chi connectivity index (χ4n) is 3.26. The van der Waals surface area contributed by atoms with E-state index in [9.17, 15) is 22.8 Å². The van der Waals surface area contributed by atoms with Gasteiger partial charge in [0.2, 0.25) is 11.8 Å². The summed E-state index contributed by atoms with van der Waals surface area (Å²) in [4.78, 5) is 29.7. The molecule has 0 radical (unpaired) electrons. The highest BCUT2D eigenvalue weighted by Crippen LogP contribution is 2.29. The SMILES string of the molecule is O=C(Nc1ccc(-n2ccnc2)c(F)c1)C1CC(=O)N(c2ccc(F)cc2F)C1. The maximum absolute atomic E-state index is 14.3. The van der Waals surface area contributed by atoms with Gasteiger partial charge in [0, 0.05) is 37.1 Å². The molecule has 0 spiro atoms. The van der Waals surface area contributed by atoms with Crippen LogP contribution < -0.4 is 10.2 Å². The highest BCUT2D eigenvalue weighted by molar-refractivity contribution is 6.03. The third-order valence-electron chi connectivity index (χ3n) is 4.69. The van der Waals surface area contributed by atoms with Crippen LogP contribution in [0.15, 0.2) is 55.1 Å². The molecule has 6 nitrogen and oxygen atoms in total. The van der Waals surface area contributed by atoms with Gasteiger partial charge in [-0.1, -0.05) is 0 Å². The quantitative estimate of drug-likeness (QED) is 0.731. The van der Waals surface area contributed by atoms with Crippen LogP contribution in [0.25, 0.3) is 5.69 Å². The molecule has 29 heavy (non-hydrogen) atoms. The van der Waals surface area contributed by atoms with E-state index in [4.69, 9.17) is 0 Å². The Balaban J connectivity index is 1.47. The summed E-state index contributed by atoms with van der Waals surface area (Å²) in [6.45, 7) is -0.0528. The Kier molecular flexibility index (Phi) is 4.79. The number of imidazole rings is 1. The summed E-state index contributed by atoms with van der Waals surface area (Å²) in [7, 11) is 0. The standard InChI is InChI=1S/C20H15F3N4O2/c21-13-1-3-18(15(22)8-13)27-10-12(7-19(27)28)20(29)25-14-2-4-17(16(23)9-14)26-6-5-24-11-26/h1-6,8-9,11-12H,7,10H2,(H,25,29). The Labute approximate surface area is 163 Å². The summed E-state index contributed by atoms with van der Waals surface area (Å²) >= 11 is 0. The first-order chi connectivity index (χ1) is 13.9. The van der Waals surface area contributed by atoms with Crippen LogP contribution >= 0.6 is 0 Å². The summed E-state index contributed by atoms with van der Waals surface area (Å²) in [5.74, 6) is -3.87. The number of aromatic nitrogens is 2. The fourth-order valence-corrected chi connectivity index (χ4v) is 3.26. The molecule has 1 saturated heterocycles. The third-order valence-corrected chi connectivity index (χ3v) is 4.69. The van der Waals surface area contributed by atoms with Crippen LogP contribution in [-0.4, -0.2) is 27.9 Å². The molecule has 2 amide bonds. The number of halogens is 3. The monoisotopic (exact) mass is 400 g/mol. The number of carbonyl (C=O) groups excluding carboxylic acids is 2. The average Bonchev–Trinajstić information content (AvgIpc) is 3.32. The van der Waals surface area contributed by atoms with Crippen LogP contribution in [0.5, 0.6) is 0 Å². The van der Waals surface area contributed by atoms with Crippen molar-refractivity contribution in [1.82, 2.24) is 9.55 Å². The van der Waals surface area contributed by atoms with Crippen LogP contribution in [0.4, 0.5) is 24.5 Å². The smallest absolute Gasteiger partial charge is 0.229 e. The summed E-state index contributed by atoms with van der Waals surface area (Å²) < 4.78 is 42.9. The lowest BCUT2D eigenvalue weighted by Gasteiger charge is -2.17. The Morgan fingerprint density at radius 3 is 2.52 bits per heavy atom. The van der Waals surface area contributed by atoms with E-state index in [1.165, 1.54) is 35.3 Å². The molecule has 1 fully saturated rings. The minimum atomic E-state index is -0.878. The number of benzene rings is 2. The van der Waals surface area contributed by atoms with Crippen molar-refractivity contribution in [3.05, 3.63) is 72.6 Å². The Morgan fingerprint density at radius 1 is 1.07 bits per heavy atom. The Bertz CT molecular complexity index is 1090. The molecule has 1 aliphatic rings. The van der Waals surface area contributed by atoms with Gasteiger partial charge < -0.3 is 14.8 Å². The molecule has 4 rings (SSSR count). The zero-order valence-corrected chi connectivity index (χ0v) is 15.0. The number of amides is 2. The number of carbonyl (C=O) groups is 2. The zero-order chi connectivity index (χ0) is 20.5. The second-order valence-corrected chi connectivity index (χ2v) is 6.63. The van der Waals surface area contributed by atoms with E-state index in [0.29, 0.717) is 6.07 Å². The topological polar surface area (TPSA) is 67.2 Å². The second-order valence-electron chi connectivity index (χ2n) is 6.63. The molecule has 2 heterocycles. The maximum Gasteiger partial charge on any atom is 0.229 e. The van der Waals surface area contributed by atoms with Crippen molar-refractivity contribution in [2.75, 3.05) is 16.8 Å². The third kappa shape index (κ3) is 3.71. The van der Waals surface area contributed by atoms with Gasteiger partial charge in [-0.15, -0.1) is 0 Å². The normalized spacial score (nSPS) is 16.3. The van der Waals surface area contributed by atoms with Gasteiger partial charge in [-0.25, -0.2) is 18.2 Å². The van der Waals surface area contributed by atoms with Crippen molar-refractivity contribution < 1.29 is 22.8 Å². The van der Waals surface area contributed by atoms with Gasteiger partial charge in [0.25, 0.3) is 0 Å². The largest absolute Gasteiger partial charge is 0.326 e. The van der Waals surface area contributed by atoms with E-state index < -0.39 is 35.2 Å². The first kappa shape index (κ1) is 18.7. The number of hydrogen-bond acceptors (Lipinski definition) is 3. The molecule has 2 aromatic carbocycles. The number of hydrogen-bond donors (Lipinski definition) is 1. The summed E-state index contributed by atoms with van der Waals surface area (Å²) in [6.07, 6.45) is 4.42. The van der Waals surface area contributed by atoms with Crippen molar-refractivity contribution >= 4 is 23.2 Å². The van der Waals surface area contributed by atoms with Crippen LogP contribution in [-0.2, 0) is 9.59 Å². The first-order valence-corrected chi connectivity index (χ1v) is 8.76. The molecular weight excluding hydrogens is 385 g/mol. The molecule has 9 heteroatoms. The zero-order valence-electron chi connectivity index (χ0n) is 15.0. The van der Waals surface area contributed by atoms with Crippen LogP contribution in [0.3, 0.4) is 0 Å². The summed E-state index contributed by atoms with van der Waals surface area (Å²) in [6, 6.07) is 7.08. The van der Waals surface area contributed by atoms with E-state index in [0.717, 1.165) is 17.0 Å². The van der Waals surface area contributed by atoms with Gasteiger partial charge in [-0.05, 0) is 30.3 Å². The lowest BCUT2D eigenvalue weighted by molar-refractivity contribution is -0.122. The number of rotatable bonds is 4. The van der Waals surface area contributed by atoms with E-state index >= 15 is 0 Å². The summed E-state index contributed by atoms with van der Waals surface area (Å²) in [5, 5.41) is 2.58. The predicted molar refractivity (Wildman–Crippen MR) is 99.0 cm³/mol. The highest BCUT2D eigenvalue weighted by atomic mass is 19.1. The summed E-state index contributed by atoms with van der Waals surface area (Å²) in [5.41, 5.74) is 0.423. The van der Waals surface area contributed by atoms with E-state index in [1.807, 2.05) is 0 Å². The van der Waals surface area contributed by atoms with Crippen LogP contribution in [0.2, 0.25) is 0 Å². The minimum absolute atomic E-state index is 0.0528. The van der Waals surface area contributed by atoms with Gasteiger partial charge in [0.1, 0.15) is 17.5 Å². The molecule has 0 aliphatic carbocycles. The van der Waals surface area contributed by atoms with Gasteiger partial charge >= 0.3 is 0 Å². The van der Waals surface area contributed by atoms with Crippen molar-refractivity contribution in [2.45, 2.75) is 6.42 Å². The molecule has 1 unspecified atom stereocenters. The molecule has 1 atom stereocenters. The highest BCUT2D eigenvalue weighted by Gasteiger charge is 2.36. The lowest BCUT2D eigenvalue weighted by atomic mass is 10.1. The molecule has 3 aromatic rings. The molecular formula is C20H15F3N4O2. The second kappa shape index (κ2) is 7.42. The van der Waals surface area contributed by atoms with Crippen LogP contribution in [0.1, 0.15) is 6.42 Å². The van der Waals surface area contributed by atoms with Crippen molar-refractivity contribution in [1.29, 1.82) is 0 Å². The van der Waals surface area contributed by atoms with E-state index in [-0.39, 0.29) is 30.0 Å². The number of nitrogens with zero attached hydrogens (tertiary/aromatic N) is 3. The molecule has 0 bridgehead atoms. The van der Waals surface area contributed by atoms with Crippen molar-refractivity contribution in [2.24, 2.45) is 5.92 Å². The number of anilines is 2. The maximum atomic E-state index is 14.3. The first-order valence-electron chi connectivity index (χ1n) is 8.76. The minimum Gasteiger partial charge on any atom is -0.326 e. The predicted octanol–water partition coefficient (Wildman–Crippen LogP) is 3.28. The van der Waals surface area contributed by atoms with Gasteiger partial charge in [-0.2, -0.15) is 0 Å². The molecule has 1 aromatic heterocycles. The van der Waals surface area contributed by atoms with Gasteiger partial charge in [0.15, 0.2) is 0 Å². The number of nitrogens with one attached hydrogen (secondary N) is 1. The molecule has 148 valence electrons. The lowest BCUT2D eigenvalue weighted by Crippen LogP contribution is -2.28. The van der Waals surface area contributed by atoms with E-state index in [2.05, 4.69) is 10.3 Å². The molecule has 1 N–H and O–H groups in total. The van der Waals surface area contributed by atoms with Crippen molar-refractivity contribution in [3.8, 4) is 5.69 Å². The average molecular weight is 400 g/mol. The Morgan fingerprint density at radius 2 is 1.83 bits per heavy atom. The van der Waals surface area contributed by atoms with Gasteiger partial charge in [0.05, 0.1) is 23.6 Å². The molecule has 1 aliphatic heterocycles. The molecule has 0 saturated carbocycles.